The van der Waals surface area contributed by atoms with E-state index < -0.39 is 0 Å². The second kappa shape index (κ2) is 4.50. The van der Waals surface area contributed by atoms with Crippen LogP contribution < -0.4 is 4.74 Å². The van der Waals surface area contributed by atoms with E-state index in [1.807, 2.05) is 25.1 Å². The highest BCUT2D eigenvalue weighted by Gasteiger charge is 1.98. The average Bonchev–Trinajstić information content (AvgIpc) is 2.28. The van der Waals surface area contributed by atoms with Gasteiger partial charge in [0.25, 0.3) is 0 Å². The molecule has 2 rings (SSSR count). The van der Waals surface area contributed by atoms with Gasteiger partial charge >= 0.3 is 6.01 Å². The molecule has 0 atom stereocenters. The minimum absolute atomic E-state index is 0.402. The van der Waals surface area contributed by atoms with Crippen molar-refractivity contribution in [3.8, 4) is 6.01 Å². The summed E-state index contributed by atoms with van der Waals surface area (Å²) in [5.74, 6) is 0. The van der Waals surface area contributed by atoms with E-state index in [1.54, 1.807) is 18.6 Å². The third kappa shape index (κ3) is 2.74. The summed E-state index contributed by atoms with van der Waals surface area (Å²) in [4.78, 5) is 12.1. The Labute approximate surface area is 88.0 Å². The molecule has 4 nitrogen and oxygen atoms in total. The maximum atomic E-state index is 5.41. The van der Waals surface area contributed by atoms with E-state index in [-0.39, 0.29) is 0 Å². The molecule has 0 bridgehead atoms. The van der Waals surface area contributed by atoms with Gasteiger partial charge in [-0.3, -0.25) is 4.98 Å². The van der Waals surface area contributed by atoms with Gasteiger partial charge < -0.3 is 4.74 Å². The van der Waals surface area contributed by atoms with Crippen molar-refractivity contribution in [1.82, 2.24) is 15.0 Å². The van der Waals surface area contributed by atoms with E-state index in [0.717, 1.165) is 11.3 Å². The minimum atomic E-state index is 0.402. The molecule has 0 fully saturated rings. The Morgan fingerprint density at radius 2 is 2.20 bits per heavy atom. The SMILES string of the molecule is Cc1ccnc(OCc2cccnc2)n1. The zero-order chi connectivity index (χ0) is 10.5. The first-order chi connectivity index (χ1) is 7.34. The average molecular weight is 201 g/mol. The van der Waals surface area contributed by atoms with Crippen molar-refractivity contribution in [2.75, 3.05) is 0 Å². The highest BCUT2D eigenvalue weighted by atomic mass is 16.5. The van der Waals surface area contributed by atoms with Crippen LogP contribution in [0.5, 0.6) is 6.01 Å². The molecule has 0 spiro atoms. The fourth-order valence-corrected chi connectivity index (χ4v) is 1.13. The first-order valence-electron chi connectivity index (χ1n) is 4.66. The molecule has 0 aliphatic rings. The Hall–Kier alpha value is -1.97. The largest absolute Gasteiger partial charge is 0.459 e. The maximum absolute atomic E-state index is 5.41. The standard InChI is InChI=1S/C11H11N3O/c1-9-4-6-13-11(14-9)15-8-10-3-2-5-12-7-10/h2-7H,8H2,1H3. The van der Waals surface area contributed by atoms with Crippen molar-refractivity contribution >= 4 is 0 Å². The van der Waals surface area contributed by atoms with Crippen LogP contribution in [-0.2, 0) is 6.61 Å². The molecule has 0 amide bonds. The van der Waals surface area contributed by atoms with Gasteiger partial charge in [-0.1, -0.05) is 6.07 Å². The third-order valence-electron chi connectivity index (χ3n) is 1.86. The van der Waals surface area contributed by atoms with Crippen LogP contribution in [0.15, 0.2) is 36.8 Å². The van der Waals surface area contributed by atoms with Crippen LogP contribution in [-0.4, -0.2) is 15.0 Å². The normalized spacial score (nSPS) is 9.93. The highest BCUT2D eigenvalue weighted by molar-refractivity contribution is 5.09. The van der Waals surface area contributed by atoms with Gasteiger partial charge in [-0.15, -0.1) is 0 Å². The van der Waals surface area contributed by atoms with Gasteiger partial charge in [-0.05, 0) is 19.1 Å². The summed E-state index contributed by atoms with van der Waals surface area (Å²) < 4.78 is 5.41. The van der Waals surface area contributed by atoms with Gasteiger partial charge in [0.1, 0.15) is 6.61 Å². The summed E-state index contributed by atoms with van der Waals surface area (Å²) in [7, 11) is 0. The molecule has 2 aromatic heterocycles. The summed E-state index contributed by atoms with van der Waals surface area (Å²) >= 11 is 0. The number of nitrogens with zero attached hydrogens (tertiary/aromatic N) is 3. The Balaban J connectivity index is 1.99. The summed E-state index contributed by atoms with van der Waals surface area (Å²) in [6.07, 6.45) is 5.17. The number of aryl methyl sites for hydroxylation is 1. The van der Waals surface area contributed by atoms with E-state index in [0.29, 0.717) is 12.6 Å². The van der Waals surface area contributed by atoms with Gasteiger partial charge in [0.2, 0.25) is 0 Å². The predicted molar refractivity (Wildman–Crippen MR) is 55.3 cm³/mol. The minimum Gasteiger partial charge on any atom is -0.459 e. The molecule has 0 aromatic carbocycles. The summed E-state index contributed by atoms with van der Waals surface area (Å²) in [6, 6.07) is 6.05. The number of aromatic nitrogens is 3. The molecular formula is C11H11N3O. The molecule has 2 heterocycles. The number of hydrogen-bond acceptors (Lipinski definition) is 4. The lowest BCUT2D eigenvalue weighted by molar-refractivity contribution is 0.279. The molecule has 2 aromatic rings. The molecule has 0 N–H and O–H groups in total. The predicted octanol–water partition coefficient (Wildman–Crippen LogP) is 1.76. The molecule has 0 saturated carbocycles. The molecule has 0 saturated heterocycles. The smallest absolute Gasteiger partial charge is 0.316 e. The third-order valence-corrected chi connectivity index (χ3v) is 1.86. The van der Waals surface area contributed by atoms with Gasteiger partial charge in [-0.2, -0.15) is 0 Å². The van der Waals surface area contributed by atoms with Gasteiger partial charge in [0, 0.05) is 29.8 Å². The van der Waals surface area contributed by atoms with Crippen molar-refractivity contribution < 1.29 is 4.74 Å². The molecule has 0 radical (unpaired) electrons. The van der Waals surface area contributed by atoms with Crippen LogP contribution in [0, 0.1) is 6.92 Å². The monoisotopic (exact) mass is 201 g/mol. The molecular weight excluding hydrogens is 190 g/mol. The van der Waals surface area contributed by atoms with Crippen LogP contribution in [0.4, 0.5) is 0 Å². The van der Waals surface area contributed by atoms with Crippen molar-refractivity contribution in [2.45, 2.75) is 13.5 Å². The van der Waals surface area contributed by atoms with Crippen LogP contribution in [0.3, 0.4) is 0 Å². The summed E-state index contributed by atoms with van der Waals surface area (Å²) in [6.45, 7) is 2.34. The van der Waals surface area contributed by atoms with Crippen molar-refractivity contribution in [3.05, 3.63) is 48.0 Å². The second-order valence-electron chi connectivity index (χ2n) is 3.13. The van der Waals surface area contributed by atoms with Crippen molar-refractivity contribution in [3.63, 3.8) is 0 Å². The Morgan fingerprint density at radius 3 is 2.93 bits per heavy atom. The van der Waals surface area contributed by atoms with E-state index in [2.05, 4.69) is 15.0 Å². The quantitative estimate of drug-likeness (QED) is 0.759. The zero-order valence-corrected chi connectivity index (χ0v) is 8.42. The lowest BCUT2D eigenvalue weighted by atomic mass is 10.3. The van der Waals surface area contributed by atoms with Crippen LogP contribution in [0.2, 0.25) is 0 Å². The number of rotatable bonds is 3. The maximum Gasteiger partial charge on any atom is 0.316 e. The van der Waals surface area contributed by atoms with Gasteiger partial charge in [0.05, 0.1) is 0 Å². The van der Waals surface area contributed by atoms with Crippen LogP contribution in [0.25, 0.3) is 0 Å². The Kier molecular flexibility index (Phi) is 2.88. The summed E-state index contributed by atoms with van der Waals surface area (Å²) in [5.41, 5.74) is 1.90. The molecule has 4 heteroatoms. The molecule has 76 valence electrons. The molecule has 15 heavy (non-hydrogen) atoms. The van der Waals surface area contributed by atoms with E-state index >= 15 is 0 Å². The summed E-state index contributed by atoms with van der Waals surface area (Å²) in [5, 5.41) is 0. The van der Waals surface area contributed by atoms with Crippen LogP contribution in [0.1, 0.15) is 11.3 Å². The molecule has 0 aliphatic heterocycles. The molecule has 0 aliphatic carbocycles. The van der Waals surface area contributed by atoms with Gasteiger partial charge in [-0.25, -0.2) is 9.97 Å². The number of hydrogen-bond donors (Lipinski definition) is 0. The number of ether oxygens (including phenoxy) is 1. The Bertz CT molecular complexity index is 431. The first-order valence-corrected chi connectivity index (χ1v) is 4.66. The van der Waals surface area contributed by atoms with E-state index in [4.69, 9.17) is 4.74 Å². The van der Waals surface area contributed by atoms with E-state index in [1.165, 1.54) is 0 Å². The fourth-order valence-electron chi connectivity index (χ4n) is 1.13. The topological polar surface area (TPSA) is 47.9 Å². The zero-order valence-electron chi connectivity index (χ0n) is 8.42. The highest BCUT2D eigenvalue weighted by Crippen LogP contribution is 2.05. The number of pyridine rings is 1. The lowest BCUT2D eigenvalue weighted by Gasteiger charge is -2.03. The van der Waals surface area contributed by atoms with Gasteiger partial charge in [0.15, 0.2) is 0 Å². The van der Waals surface area contributed by atoms with Crippen LogP contribution >= 0.6 is 0 Å². The Morgan fingerprint density at radius 1 is 1.27 bits per heavy atom. The lowest BCUT2D eigenvalue weighted by Crippen LogP contribution is -2.00. The fraction of sp³-hybridized carbons (Fsp3) is 0.182. The second-order valence-corrected chi connectivity index (χ2v) is 3.13. The van der Waals surface area contributed by atoms with E-state index in [9.17, 15) is 0 Å². The van der Waals surface area contributed by atoms with Crippen molar-refractivity contribution in [2.24, 2.45) is 0 Å². The van der Waals surface area contributed by atoms with Crippen molar-refractivity contribution in [1.29, 1.82) is 0 Å². The molecule has 0 unspecified atom stereocenters. The first kappa shape index (κ1) is 9.58.